The fourth-order valence-corrected chi connectivity index (χ4v) is 2.60. The van der Waals surface area contributed by atoms with E-state index in [1.807, 2.05) is 6.07 Å². The molecule has 0 bridgehead atoms. The number of methoxy groups -OCH3 is 1. The van der Waals surface area contributed by atoms with Gasteiger partial charge in [0.05, 0.1) is 12.8 Å². The van der Waals surface area contributed by atoms with Gasteiger partial charge in [0, 0.05) is 13.1 Å². The van der Waals surface area contributed by atoms with Gasteiger partial charge in [-0.3, -0.25) is 0 Å². The zero-order valence-corrected chi connectivity index (χ0v) is 13.5. The maximum atomic E-state index is 5.49. The van der Waals surface area contributed by atoms with Crippen LogP contribution in [0.1, 0.15) is 58.8 Å². The lowest BCUT2D eigenvalue weighted by Gasteiger charge is -2.26. The Labute approximate surface area is 125 Å². The third-order valence-corrected chi connectivity index (χ3v) is 3.70. The van der Waals surface area contributed by atoms with Crippen LogP contribution < -0.4 is 9.64 Å². The Morgan fingerprint density at radius 1 is 0.850 bits per heavy atom. The molecular weight excluding hydrogens is 246 g/mol. The van der Waals surface area contributed by atoms with E-state index in [4.69, 9.17) is 4.74 Å². The molecule has 0 heterocycles. The molecule has 2 heteroatoms. The van der Waals surface area contributed by atoms with Crippen LogP contribution in [-0.2, 0) is 0 Å². The van der Waals surface area contributed by atoms with Gasteiger partial charge in [0.15, 0.2) is 0 Å². The van der Waals surface area contributed by atoms with Gasteiger partial charge in [0.1, 0.15) is 5.75 Å². The topological polar surface area (TPSA) is 12.5 Å². The van der Waals surface area contributed by atoms with Gasteiger partial charge < -0.3 is 9.64 Å². The van der Waals surface area contributed by atoms with Gasteiger partial charge in [0.25, 0.3) is 0 Å². The molecule has 1 aromatic rings. The molecule has 0 aliphatic rings. The van der Waals surface area contributed by atoms with Crippen LogP contribution in [0.2, 0.25) is 0 Å². The maximum absolute atomic E-state index is 5.49. The van der Waals surface area contributed by atoms with Gasteiger partial charge in [-0.05, 0) is 25.0 Å². The van der Waals surface area contributed by atoms with E-state index in [2.05, 4.69) is 36.9 Å². The lowest BCUT2D eigenvalue weighted by atomic mass is 10.1. The van der Waals surface area contributed by atoms with E-state index in [9.17, 15) is 0 Å². The molecule has 0 spiro atoms. The van der Waals surface area contributed by atoms with Crippen molar-refractivity contribution in [2.45, 2.75) is 58.8 Å². The number of anilines is 1. The average Bonchev–Trinajstić information content (AvgIpc) is 2.49. The summed E-state index contributed by atoms with van der Waals surface area (Å²) in [5.74, 6) is 0.993. The summed E-state index contributed by atoms with van der Waals surface area (Å²) >= 11 is 0. The second-order valence-corrected chi connectivity index (χ2v) is 5.43. The fraction of sp³-hybridized carbons (Fsp3) is 0.667. The van der Waals surface area contributed by atoms with Gasteiger partial charge in [-0.2, -0.15) is 0 Å². The predicted octanol–water partition coefficient (Wildman–Crippen LogP) is 5.27. The highest BCUT2D eigenvalue weighted by Gasteiger charge is 2.10. The minimum absolute atomic E-state index is 0.993. The number of para-hydroxylation sites is 2. The molecule has 2 nitrogen and oxygen atoms in total. The molecule has 1 aromatic carbocycles. The molecule has 0 saturated carbocycles. The molecule has 0 aliphatic carbocycles. The van der Waals surface area contributed by atoms with Crippen molar-refractivity contribution >= 4 is 5.69 Å². The fourth-order valence-electron chi connectivity index (χ4n) is 2.60. The molecule has 0 aromatic heterocycles. The molecule has 0 aliphatic heterocycles. The summed E-state index contributed by atoms with van der Waals surface area (Å²) in [6.07, 6.45) is 9.26. The van der Waals surface area contributed by atoms with E-state index in [0.29, 0.717) is 0 Å². The highest BCUT2D eigenvalue weighted by molar-refractivity contribution is 5.58. The highest BCUT2D eigenvalue weighted by atomic mass is 16.5. The maximum Gasteiger partial charge on any atom is 0.142 e. The van der Waals surface area contributed by atoms with E-state index in [1.165, 1.54) is 50.6 Å². The second kappa shape index (κ2) is 10.6. The Morgan fingerprint density at radius 2 is 1.55 bits per heavy atom. The van der Waals surface area contributed by atoms with E-state index < -0.39 is 0 Å². The van der Waals surface area contributed by atoms with Gasteiger partial charge in [-0.25, -0.2) is 0 Å². The first kappa shape index (κ1) is 16.9. The van der Waals surface area contributed by atoms with Gasteiger partial charge in [-0.15, -0.1) is 0 Å². The number of rotatable bonds is 11. The van der Waals surface area contributed by atoms with Crippen LogP contribution in [0.15, 0.2) is 24.3 Å². The SMILES string of the molecule is CCCCCCCCN(CCC)c1ccccc1OC. The zero-order valence-electron chi connectivity index (χ0n) is 13.5. The molecule has 0 unspecified atom stereocenters. The Hall–Kier alpha value is -1.18. The molecule has 0 saturated heterocycles. The summed E-state index contributed by atoms with van der Waals surface area (Å²) in [5, 5.41) is 0. The van der Waals surface area contributed by atoms with E-state index in [0.717, 1.165) is 18.8 Å². The Kier molecular flexibility index (Phi) is 8.93. The highest BCUT2D eigenvalue weighted by Crippen LogP contribution is 2.28. The van der Waals surface area contributed by atoms with Crippen LogP contribution in [0.3, 0.4) is 0 Å². The van der Waals surface area contributed by atoms with Crippen molar-refractivity contribution in [1.29, 1.82) is 0 Å². The number of nitrogens with zero attached hydrogens (tertiary/aromatic N) is 1. The number of unbranched alkanes of at least 4 members (excludes halogenated alkanes) is 5. The van der Waals surface area contributed by atoms with Crippen molar-refractivity contribution in [3.8, 4) is 5.75 Å². The third-order valence-electron chi connectivity index (χ3n) is 3.70. The Bertz CT molecular complexity index is 351. The van der Waals surface area contributed by atoms with Crippen molar-refractivity contribution in [3.63, 3.8) is 0 Å². The molecule has 1 rings (SSSR count). The number of hydrogen-bond donors (Lipinski definition) is 0. The summed E-state index contributed by atoms with van der Waals surface area (Å²) in [4.78, 5) is 2.47. The van der Waals surface area contributed by atoms with E-state index in [-0.39, 0.29) is 0 Å². The minimum Gasteiger partial charge on any atom is -0.495 e. The summed E-state index contributed by atoms with van der Waals surface area (Å²) in [6.45, 7) is 6.75. The first-order valence-corrected chi connectivity index (χ1v) is 8.21. The van der Waals surface area contributed by atoms with Crippen LogP contribution in [-0.4, -0.2) is 20.2 Å². The van der Waals surface area contributed by atoms with Crippen molar-refractivity contribution < 1.29 is 4.74 Å². The van der Waals surface area contributed by atoms with Crippen molar-refractivity contribution in [2.24, 2.45) is 0 Å². The number of benzene rings is 1. The molecule has 0 atom stereocenters. The van der Waals surface area contributed by atoms with Crippen LogP contribution >= 0.6 is 0 Å². The largest absolute Gasteiger partial charge is 0.495 e. The second-order valence-electron chi connectivity index (χ2n) is 5.43. The first-order chi connectivity index (χ1) is 9.83. The predicted molar refractivity (Wildman–Crippen MR) is 88.9 cm³/mol. The molecule has 20 heavy (non-hydrogen) atoms. The molecule has 0 N–H and O–H groups in total. The monoisotopic (exact) mass is 277 g/mol. The minimum atomic E-state index is 0.993. The third kappa shape index (κ3) is 5.85. The quantitative estimate of drug-likeness (QED) is 0.511. The van der Waals surface area contributed by atoms with E-state index in [1.54, 1.807) is 7.11 Å². The lowest BCUT2D eigenvalue weighted by molar-refractivity contribution is 0.414. The standard InChI is InChI=1S/C18H31NO/c1-4-6-7-8-9-12-16-19(15-5-2)17-13-10-11-14-18(17)20-3/h10-11,13-14H,4-9,12,15-16H2,1-3H3. The zero-order chi connectivity index (χ0) is 14.6. The van der Waals surface area contributed by atoms with Gasteiger partial charge >= 0.3 is 0 Å². The normalized spacial score (nSPS) is 10.6. The van der Waals surface area contributed by atoms with Crippen LogP contribution in [0.25, 0.3) is 0 Å². The molecule has 0 amide bonds. The Balaban J connectivity index is 2.47. The van der Waals surface area contributed by atoms with E-state index >= 15 is 0 Å². The summed E-state index contributed by atoms with van der Waals surface area (Å²) in [6, 6.07) is 8.36. The van der Waals surface area contributed by atoms with Gasteiger partial charge in [-0.1, -0.05) is 58.1 Å². The first-order valence-electron chi connectivity index (χ1n) is 8.21. The number of ether oxygens (including phenoxy) is 1. The number of hydrogen-bond acceptors (Lipinski definition) is 2. The molecule has 114 valence electrons. The van der Waals surface area contributed by atoms with Crippen LogP contribution in [0.5, 0.6) is 5.75 Å². The van der Waals surface area contributed by atoms with Crippen molar-refractivity contribution in [3.05, 3.63) is 24.3 Å². The average molecular weight is 277 g/mol. The van der Waals surface area contributed by atoms with Gasteiger partial charge in [0.2, 0.25) is 0 Å². The Morgan fingerprint density at radius 3 is 2.25 bits per heavy atom. The summed E-state index contributed by atoms with van der Waals surface area (Å²) in [7, 11) is 1.76. The summed E-state index contributed by atoms with van der Waals surface area (Å²) in [5.41, 5.74) is 1.24. The molecular formula is C18H31NO. The van der Waals surface area contributed by atoms with Crippen LogP contribution in [0, 0.1) is 0 Å². The molecule has 0 fully saturated rings. The van der Waals surface area contributed by atoms with Crippen molar-refractivity contribution in [1.82, 2.24) is 0 Å². The molecule has 0 radical (unpaired) electrons. The summed E-state index contributed by atoms with van der Waals surface area (Å²) < 4.78 is 5.49. The van der Waals surface area contributed by atoms with Crippen molar-refractivity contribution in [2.75, 3.05) is 25.1 Å². The lowest BCUT2D eigenvalue weighted by Crippen LogP contribution is -2.25. The smallest absolute Gasteiger partial charge is 0.142 e. The van der Waals surface area contributed by atoms with Crippen LogP contribution in [0.4, 0.5) is 5.69 Å².